The molecular weight excluding hydrogens is 575 g/mol. The third-order valence-electron chi connectivity index (χ3n) is 8.98. The summed E-state index contributed by atoms with van der Waals surface area (Å²) in [6, 6.07) is 5.75. The van der Waals surface area contributed by atoms with Crippen LogP contribution in [0.3, 0.4) is 0 Å². The lowest BCUT2D eigenvalue weighted by atomic mass is 9.61. The monoisotopic (exact) mass is 612 g/mol. The Hall–Kier alpha value is -4.58. The van der Waals surface area contributed by atoms with Gasteiger partial charge in [0, 0.05) is 74.8 Å². The van der Waals surface area contributed by atoms with Crippen molar-refractivity contribution in [2.24, 2.45) is 12.5 Å². The number of ether oxygens (including phenoxy) is 2. The number of pyridine rings is 1. The second-order valence-electron chi connectivity index (χ2n) is 12.8. The molecule has 2 aliphatic heterocycles. The average molecular weight is 613 g/mol. The van der Waals surface area contributed by atoms with E-state index in [4.69, 9.17) is 9.47 Å². The highest BCUT2D eigenvalue weighted by molar-refractivity contribution is 6.08. The molecule has 0 bridgehead atoms. The highest BCUT2D eigenvalue weighted by Crippen LogP contribution is 2.52. The number of aryl methyl sites for hydroxylation is 1. The van der Waals surface area contributed by atoms with Crippen LogP contribution in [0, 0.1) is 11.2 Å². The largest absolute Gasteiger partial charge is 0.490 e. The van der Waals surface area contributed by atoms with E-state index in [1.54, 1.807) is 35.2 Å². The summed E-state index contributed by atoms with van der Waals surface area (Å²) in [7, 11) is 3.91. The molecule has 0 atom stereocenters. The van der Waals surface area contributed by atoms with Gasteiger partial charge in [0.05, 0.1) is 23.6 Å². The van der Waals surface area contributed by atoms with E-state index in [-0.39, 0.29) is 28.9 Å². The molecule has 1 spiro atoms. The van der Waals surface area contributed by atoms with Gasteiger partial charge in [-0.05, 0) is 58.0 Å². The van der Waals surface area contributed by atoms with Crippen LogP contribution < -0.4 is 19.3 Å². The normalized spacial score (nSPS) is 17.5. The number of amides is 1. The highest BCUT2D eigenvalue weighted by Gasteiger charge is 2.54. The molecule has 5 heterocycles. The first-order chi connectivity index (χ1) is 21.7. The molecule has 2 fully saturated rings. The molecule has 234 valence electrons. The first-order valence-corrected chi connectivity index (χ1v) is 15.3. The van der Waals surface area contributed by atoms with Crippen molar-refractivity contribution in [1.82, 2.24) is 29.6 Å². The van der Waals surface area contributed by atoms with Crippen LogP contribution in [0.5, 0.6) is 17.2 Å². The van der Waals surface area contributed by atoms with E-state index < -0.39 is 11.7 Å². The van der Waals surface area contributed by atoms with Crippen LogP contribution in [0.2, 0.25) is 0 Å². The summed E-state index contributed by atoms with van der Waals surface area (Å²) in [4.78, 5) is 33.2. The van der Waals surface area contributed by atoms with Crippen molar-refractivity contribution >= 4 is 17.4 Å². The van der Waals surface area contributed by atoms with Crippen LogP contribution in [0.25, 0.3) is 0 Å². The standard InChI is InChI=1S/C33H37FN8O3/c1-21(2)42(23-14-38-40(4)16-23)32(43)25-11-22(34)5-6-28(25)45-30-15-35-20-37-31(30)41-18-33(19-41)12-24(13-33)44-29-7-9-36-27-8-10-39(3)17-26(27)29/h5-7,9,11,14-16,20-21,24H,8,10,12-13,17-19H2,1-4H3. The molecule has 0 unspecified atom stereocenters. The fourth-order valence-electron chi connectivity index (χ4n) is 6.81. The minimum absolute atomic E-state index is 0.103. The van der Waals surface area contributed by atoms with E-state index in [9.17, 15) is 9.18 Å². The molecular formula is C33H37FN8O3. The maximum atomic E-state index is 14.5. The predicted octanol–water partition coefficient (Wildman–Crippen LogP) is 4.63. The van der Waals surface area contributed by atoms with Gasteiger partial charge in [0.1, 0.15) is 29.7 Å². The zero-order chi connectivity index (χ0) is 31.3. The number of anilines is 2. The Bertz CT molecular complexity index is 1730. The molecule has 0 radical (unpaired) electrons. The van der Waals surface area contributed by atoms with Crippen LogP contribution in [0.4, 0.5) is 15.9 Å². The Morgan fingerprint density at radius 3 is 2.67 bits per heavy atom. The molecule has 11 nitrogen and oxygen atoms in total. The van der Waals surface area contributed by atoms with E-state index in [0.717, 1.165) is 56.9 Å². The molecule has 1 aliphatic carbocycles. The van der Waals surface area contributed by atoms with Crippen molar-refractivity contribution in [3.63, 3.8) is 0 Å². The topological polar surface area (TPSA) is 102 Å². The first kappa shape index (κ1) is 29.1. The number of fused-ring (bicyclic) bond motifs is 1. The predicted molar refractivity (Wildman–Crippen MR) is 166 cm³/mol. The number of halogens is 1. The third kappa shape index (κ3) is 5.58. The van der Waals surface area contributed by atoms with E-state index in [1.165, 1.54) is 30.1 Å². The second kappa shape index (κ2) is 11.4. The first-order valence-electron chi connectivity index (χ1n) is 15.3. The van der Waals surface area contributed by atoms with Crippen LogP contribution in [0.1, 0.15) is 48.3 Å². The summed E-state index contributed by atoms with van der Waals surface area (Å²) in [5, 5.41) is 4.20. The Balaban J connectivity index is 1.04. The van der Waals surface area contributed by atoms with Gasteiger partial charge in [-0.15, -0.1) is 0 Å². The Morgan fingerprint density at radius 2 is 1.91 bits per heavy atom. The van der Waals surface area contributed by atoms with Crippen molar-refractivity contribution in [2.45, 2.75) is 51.8 Å². The average Bonchev–Trinajstić information content (AvgIpc) is 3.40. The summed E-state index contributed by atoms with van der Waals surface area (Å²) in [5.41, 5.74) is 3.23. The summed E-state index contributed by atoms with van der Waals surface area (Å²) >= 11 is 0. The maximum absolute atomic E-state index is 14.5. The summed E-state index contributed by atoms with van der Waals surface area (Å²) in [6.45, 7) is 7.30. The number of hydrogen-bond donors (Lipinski definition) is 0. The summed E-state index contributed by atoms with van der Waals surface area (Å²) in [5.74, 6) is 1.31. The zero-order valence-corrected chi connectivity index (χ0v) is 26.0. The number of rotatable bonds is 8. The number of nitrogens with zero attached hydrogens (tertiary/aromatic N) is 8. The molecule has 12 heteroatoms. The Morgan fingerprint density at radius 1 is 1.09 bits per heavy atom. The van der Waals surface area contributed by atoms with E-state index >= 15 is 0 Å². The minimum Gasteiger partial charge on any atom is -0.490 e. The Labute approximate surface area is 261 Å². The second-order valence-corrected chi connectivity index (χ2v) is 12.8. The SMILES string of the molecule is CC(C)N(C(=O)c1cc(F)ccc1Oc1cncnc1N1CC2(CC(Oc3ccnc4c3CN(C)CC4)C2)C1)c1cnn(C)c1. The van der Waals surface area contributed by atoms with Gasteiger partial charge in [0.25, 0.3) is 5.91 Å². The molecule has 4 aromatic rings. The van der Waals surface area contributed by atoms with Crippen molar-refractivity contribution in [3.05, 3.63) is 78.0 Å². The van der Waals surface area contributed by atoms with Crippen LogP contribution in [0.15, 0.2) is 55.4 Å². The van der Waals surface area contributed by atoms with Gasteiger partial charge >= 0.3 is 0 Å². The maximum Gasteiger partial charge on any atom is 0.262 e. The van der Waals surface area contributed by atoms with E-state index in [1.807, 2.05) is 26.1 Å². The number of likely N-dealkylation sites (N-methyl/N-ethyl adjacent to an activating group) is 1. The fraction of sp³-hybridized carbons (Fsp3) is 0.424. The number of aromatic nitrogens is 5. The lowest BCUT2D eigenvalue weighted by Crippen LogP contribution is -2.65. The van der Waals surface area contributed by atoms with Gasteiger partial charge in [0.15, 0.2) is 11.6 Å². The highest BCUT2D eigenvalue weighted by atomic mass is 19.1. The van der Waals surface area contributed by atoms with Crippen molar-refractivity contribution in [3.8, 4) is 17.2 Å². The molecule has 1 saturated heterocycles. The molecule has 3 aromatic heterocycles. The molecule has 1 aromatic carbocycles. The van der Waals surface area contributed by atoms with Crippen molar-refractivity contribution in [2.75, 3.05) is 36.5 Å². The van der Waals surface area contributed by atoms with Gasteiger partial charge in [-0.2, -0.15) is 5.10 Å². The van der Waals surface area contributed by atoms with Crippen LogP contribution in [-0.4, -0.2) is 74.4 Å². The number of carbonyl (C=O) groups is 1. The molecule has 45 heavy (non-hydrogen) atoms. The number of hydrogen-bond acceptors (Lipinski definition) is 9. The molecule has 1 amide bonds. The van der Waals surface area contributed by atoms with Crippen molar-refractivity contribution < 1.29 is 18.7 Å². The fourth-order valence-corrected chi connectivity index (χ4v) is 6.81. The summed E-state index contributed by atoms with van der Waals surface area (Å²) in [6.07, 6.45) is 11.3. The van der Waals surface area contributed by atoms with Crippen LogP contribution in [-0.2, 0) is 20.0 Å². The van der Waals surface area contributed by atoms with Crippen molar-refractivity contribution in [1.29, 1.82) is 0 Å². The van der Waals surface area contributed by atoms with E-state index in [0.29, 0.717) is 17.3 Å². The zero-order valence-electron chi connectivity index (χ0n) is 26.0. The molecule has 3 aliphatic rings. The van der Waals surface area contributed by atoms with Gasteiger partial charge in [-0.25, -0.2) is 14.4 Å². The third-order valence-corrected chi connectivity index (χ3v) is 8.98. The molecule has 7 rings (SSSR count). The minimum atomic E-state index is -0.532. The quantitative estimate of drug-likeness (QED) is 0.282. The van der Waals surface area contributed by atoms with Gasteiger partial charge in [-0.3, -0.25) is 14.5 Å². The number of benzene rings is 1. The van der Waals surface area contributed by atoms with E-state index in [2.05, 4.69) is 36.9 Å². The van der Waals surface area contributed by atoms with Crippen LogP contribution >= 0.6 is 0 Å². The van der Waals surface area contributed by atoms with Gasteiger partial charge in [0.2, 0.25) is 0 Å². The lowest BCUT2D eigenvalue weighted by molar-refractivity contribution is -0.0352. The molecule has 1 saturated carbocycles. The smallest absolute Gasteiger partial charge is 0.262 e. The van der Waals surface area contributed by atoms with Gasteiger partial charge < -0.3 is 24.2 Å². The summed E-state index contributed by atoms with van der Waals surface area (Å²) < 4.78 is 28.9. The Kier molecular flexibility index (Phi) is 7.39. The molecule has 0 N–H and O–H groups in total. The lowest BCUT2D eigenvalue weighted by Gasteiger charge is -2.59. The number of carbonyl (C=O) groups excluding carboxylic acids is 1. The van der Waals surface area contributed by atoms with Gasteiger partial charge in [-0.1, -0.05) is 0 Å².